The molecule has 0 amide bonds. The van der Waals surface area contributed by atoms with E-state index in [0.717, 1.165) is 5.82 Å². The van der Waals surface area contributed by atoms with Crippen LogP contribution in [0.4, 0.5) is 5.69 Å². The number of benzene rings is 2. The number of hydrogen-bond acceptors (Lipinski definition) is 8. The molecular formula is C22H18N6O4S. The van der Waals surface area contributed by atoms with Crippen LogP contribution in [0.1, 0.15) is 11.5 Å². The van der Waals surface area contributed by atoms with Crippen LogP contribution in [0.5, 0.6) is 11.6 Å². The van der Waals surface area contributed by atoms with Gasteiger partial charge in [0.05, 0.1) is 0 Å². The lowest BCUT2D eigenvalue weighted by molar-refractivity contribution is 0.448. The van der Waals surface area contributed by atoms with Crippen LogP contribution in [-0.2, 0) is 15.8 Å². The van der Waals surface area contributed by atoms with Gasteiger partial charge in [0, 0.05) is 29.5 Å². The molecule has 0 fully saturated rings. The Balaban J connectivity index is 1.27. The predicted molar refractivity (Wildman–Crippen MR) is 121 cm³/mol. The van der Waals surface area contributed by atoms with Crippen LogP contribution in [0.3, 0.4) is 0 Å². The van der Waals surface area contributed by atoms with Crippen LogP contribution >= 0.6 is 0 Å². The molecule has 0 aliphatic heterocycles. The first kappa shape index (κ1) is 20.6. The van der Waals surface area contributed by atoms with Crippen molar-refractivity contribution in [1.29, 1.82) is 0 Å². The lowest BCUT2D eigenvalue weighted by atomic mass is 10.2. The van der Waals surface area contributed by atoms with Crippen LogP contribution in [-0.4, -0.2) is 33.1 Å². The van der Waals surface area contributed by atoms with Crippen molar-refractivity contribution in [2.45, 2.75) is 12.7 Å². The third-order valence-corrected chi connectivity index (χ3v) is 6.03. The van der Waals surface area contributed by atoms with Crippen LogP contribution in [0.25, 0.3) is 16.8 Å². The van der Waals surface area contributed by atoms with Crippen molar-refractivity contribution in [2.75, 3.05) is 4.72 Å². The monoisotopic (exact) mass is 462 g/mol. The summed E-state index contributed by atoms with van der Waals surface area (Å²) in [6.07, 6.45) is 4.88. The van der Waals surface area contributed by atoms with Crippen molar-refractivity contribution in [1.82, 2.24) is 24.7 Å². The molecule has 1 N–H and O–H groups in total. The topological polar surface area (TPSA) is 125 Å². The van der Waals surface area contributed by atoms with Crippen LogP contribution < -0.4 is 9.46 Å². The Morgan fingerprint density at radius 2 is 1.88 bits per heavy atom. The molecule has 33 heavy (non-hydrogen) atoms. The molecule has 0 aliphatic carbocycles. The zero-order valence-corrected chi connectivity index (χ0v) is 18.2. The van der Waals surface area contributed by atoms with Gasteiger partial charge in [-0.25, -0.2) is 23.4 Å². The van der Waals surface area contributed by atoms with Crippen molar-refractivity contribution < 1.29 is 17.7 Å². The predicted octanol–water partition coefficient (Wildman–Crippen LogP) is 3.85. The van der Waals surface area contributed by atoms with Gasteiger partial charge in [0.15, 0.2) is 5.58 Å². The second kappa shape index (κ2) is 8.36. The molecule has 10 nitrogen and oxygen atoms in total. The number of sulfonamides is 1. The number of imidazole rings is 1. The van der Waals surface area contributed by atoms with Crippen LogP contribution in [0.2, 0.25) is 0 Å². The molecule has 0 saturated heterocycles. The lowest BCUT2D eigenvalue weighted by Crippen LogP contribution is -2.15. The second-order valence-corrected chi connectivity index (χ2v) is 8.89. The first-order valence-corrected chi connectivity index (χ1v) is 11.6. The molecule has 5 aromatic rings. The fraction of sp³-hybridized carbons (Fsp3) is 0.0909. The number of nitrogens with one attached hydrogen (secondary N) is 1. The first-order valence-electron chi connectivity index (χ1n) is 9.91. The Kier molecular flexibility index (Phi) is 5.23. The lowest BCUT2D eigenvalue weighted by Gasteiger charge is -2.09. The minimum Gasteiger partial charge on any atom is -0.439 e. The molecule has 0 spiro atoms. The van der Waals surface area contributed by atoms with Gasteiger partial charge in [-0.15, -0.1) is 0 Å². The quantitative estimate of drug-likeness (QED) is 0.387. The zero-order valence-electron chi connectivity index (χ0n) is 17.4. The van der Waals surface area contributed by atoms with E-state index in [1.807, 2.05) is 11.5 Å². The normalized spacial score (nSPS) is 11.5. The molecule has 166 valence electrons. The summed E-state index contributed by atoms with van der Waals surface area (Å²) in [5.41, 5.74) is 1.29. The fourth-order valence-corrected chi connectivity index (χ4v) is 4.42. The molecular weight excluding hydrogens is 444 g/mol. The van der Waals surface area contributed by atoms with Gasteiger partial charge in [-0.2, -0.15) is 0 Å². The summed E-state index contributed by atoms with van der Waals surface area (Å²) in [7, 11) is -3.70. The number of anilines is 1. The number of ether oxygens (including phenoxy) is 1. The molecule has 3 heterocycles. The van der Waals surface area contributed by atoms with Crippen molar-refractivity contribution >= 4 is 26.7 Å². The first-order chi connectivity index (χ1) is 16.0. The maximum absolute atomic E-state index is 12.6. The third-order valence-electron chi connectivity index (χ3n) is 4.83. The van der Waals surface area contributed by atoms with Gasteiger partial charge < -0.3 is 9.26 Å². The Hall–Kier alpha value is -4.25. The minimum absolute atomic E-state index is 0.306. The molecule has 0 atom stereocenters. The number of aryl methyl sites for hydroxylation is 1. The summed E-state index contributed by atoms with van der Waals surface area (Å²) in [6.45, 7) is 1.87. The highest BCUT2D eigenvalue weighted by molar-refractivity contribution is 7.91. The molecule has 0 saturated carbocycles. The molecule has 5 rings (SSSR count). The molecule has 11 heteroatoms. The zero-order chi connectivity index (χ0) is 22.8. The van der Waals surface area contributed by atoms with Crippen molar-refractivity contribution in [3.63, 3.8) is 0 Å². The maximum atomic E-state index is 12.6. The van der Waals surface area contributed by atoms with E-state index in [2.05, 4.69) is 24.8 Å². The number of aromatic nitrogens is 5. The van der Waals surface area contributed by atoms with E-state index < -0.39 is 10.0 Å². The largest absolute Gasteiger partial charge is 0.439 e. The molecule has 3 aromatic heterocycles. The maximum Gasteiger partial charge on any atom is 0.238 e. The van der Waals surface area contributed by atoms with Crippen LogP contribution in [0.15, 0.2) is 77.8 Å². The van der Waals surface area contributed by atoms with Gasteiger partial charge in [-0.3, -0.25) is 9.29 Å². The second-order valence-electron chi connectivity index (χ2n) is 7.17. The number of nitrogens with zero attached hydrogens (tertiary/aromatic N) is 5. The third kappa shape index (κ3) is 4.53. The van der Waals surface area contributed by atoms with Crippen molar-refractivity contribution in [3.8, 4) is 17.4 Å². The SMILES string of the molecule is Cc1nccn1-c1cc(Oc2ccc(NS(=O)(=O)Cc3noc4ccccc34)cc2)ncn1. The van der Waals surface area contributed by atoms with Gasteiger partial charge in [0.25, 0.3) is 0 Å². The van der Waals surface area contributed by atoms with Gasteiger partial charge >= 0.3 is 0 Å². The van der Waals surface area contributed by atoms with Gasteiger partial charge in [0.2, 0.25) is 15.9 Å². The highest BCUT2D eigenvalue weighted by atomic mass is 32.2. The average molecular weight is 462 g/mol. The number of fused-ring (bicyclic) bond motifs is 1. The Morgan fingerprint density at radius 1 is 1.06 bits per heavy atom. The molecule has 0 bridgehead atoms. The van der Waals surface area contributed by atoms with Gasteiger partial charge in [-0.05, 0) is 43.3 Å². The number of rotatable bonds is 7. The standard InChI is InChI=1S/C22H18N6O4S/c1-15-23-10-11-28(15)21-12-22(25-14-24-21)31-17-8-6-16(7-9-17)27-33(29,30)13-19-18-4-2-3-5-20(18)32-26-19/h2-12,14,27H,13H2,1H3. The van der Waals surface area contributed by atoms with Crippen molar-refractivity contribution in [3.05, 3.63) is 84.8 Å². The summed E-state index contributed by atoms with van der Waals surface area (Å²) in [4.78, 5) is 12.5. The summed E-state index contributed by atoms with van der Waals surface area (Å²) in [5.74, 6) is 1.95. The minimum atomic E-state index is -3.70. The Bertz CT molecular complexity index is 1530. The summed E-state index contributed by atoms with van der Waals surface area (Å²) in [5, 5.41) is 4.55. The van der Waals surface area contributed by atoms with E-state index in [0.29, 0.717) is 39.8 Å². The number of para-hydroxylation sites is 1. The van der Waals surface area contributed by atoms with E-state index in [1.54, 1.807) is 67.0 Å². The van der Waals surface area contributed by atoms with Crippen LogP contribution in [0, 0.1) is 6.92 Å². The van der Waals surface area contributed by atoms with E-state index >= 15 is 0 Å². The van der Waals surface area contributed by atoms with Gasteiger partial charge in [-0.1, -0.05) is 17.3 Å². The Morgan fingerprint density at radius 3 is 2.67 bits per heavy atom. The summed E-state index contributed by atoms with van der Waals surface area (Å²) in [6, 6.07) is 15.3. The fourth-order valence-electron chi connectivity index (χ4n) is 3.29. The average Bonchev–Trinajstić information content (AvgIpc) is 3.41. The summed E-state index contributed by atoms with van der Waals surface area (Å²) < 4.78 is 40.6. The molecule has 0 unspecified atom stereocenters. The van der Waals surface area contributed by atoms with E-state index in [1.165, 1.54) is 6.33 Å². The summed E-state index contributed by atoms with van der Waals surface area (Å²) >= 11 is 0. The van der Waals surface area contributed by atoms with Gasteiger partial charge in [0.1, 0.15) is 35.2 Å². The molecule has 0 radical (unpaired) electrons. The molecule has 2 aromatic carbocycles. The van der Waals surface area contributed by atoms with E-state index in [4.69, 9.17) is 9.26 Å². The highest BCUT2D eigenvalue weighted by Crippen LogP contribution is 2.24. The van der Waals surface area contributed by atoms with E-state index in [-0.39, 0.29) is 5.75 Å². The smallest absolute Gasteiger partial charge is 0.238 e. The van der Waals surface area contributed by atoms with Crippen molar-refractivity contribution in [2.24, 2.45) is 0 Å². The highest BCUT2D eigenvalue weighted by Gasteiger charge is 2.17. The van der Waals surface area contributed by atoms with E-state index in [9.17, 15) is 8.42 Å². The molecule has 0 aliphatic rings. The number of hydrogen-bond donors (Lipinski definition) is 1. The Labute approximate surface area is 188 Å².